The number of nitrogens with one attached hydrogen (secondary N) is 2. The number of hydrogen-bond donors (Lipinski definition) is 2. The average molecular weight is 338 g/mol. The van der Waals surface area contributed by atoms with Gasteiger partial charge in [-0.15, -0.1) is 0 Å². The summed E-state index contributed by atoms with van der Waals surface area (Å²) in [6, 6.07) is 7.28. The van der Waals surface area contributed by atoms with Gasteiger partial charge in [0.2, 0.25) is 0 Å². The first-order chi connectivity index (χ1) is 11.9. The Hall–Kier alpha value is -2.96. The summed E-state index contributed by atoms with van der Waals surface area (Å²) in [5.41, 5.74) is 1.42. The Labute approximate surface area is 146 Å². The van der Waals surface area contributed by atoms with Gasteiger partial charge in [-0.2, -0.15) is 5.10 Å². The highest BCUT2D eigenvalue weighted by Gasteiger charge is 2.27. The Bertz CT molecular complexity index is 800. The number of aromatic amines is 1. The molecule has 130 valence electrons. The van der Waals surface area contributed by atoms with Gasteiger partial charge in [0, 0.05) is 30.1 Å². The largest absolute Gasteiger partial charge is 0.347 e. The maximum absolute atomic E-state index is 12.7. The second kappa shape index (κ2) is 6.88. The Balaban J connectivity index is 1.72. The molecule has 7 nitrogen and oxygen atoms in total. The van der Waals surface area contributed by atoms with Crippen molar-refractivity contribution in [3.63, 3.8) is 0 Å². The highest BCUT2D eigenvalue weighted by atomic mass is 16.1. The number of carbonyl (C=O) groups is 1. The molecule has 0 radical (unpaired) electrons. The minimum absolute atomic E-state index is 0.0249. The van der Waals surface area contributed by atoms with Crippen LogP contribution in [0.15, 0.2) is 49.3 Å². The molecule has 0 fully saturated rings. The third kappa shape index (κ3) is 4.12. The predicted molar refractivity (Wildman–Crippen MR) is 94.8 cm³/mol. The maximum atomic E-state index is 12.7. The predicted octanol–water partition coefficient (Wildman–Crippen LogP) is 2.51. The van der Waals surface area contributed by atoms with Gasteiger partial charge < -0.3 is 9.88 Å². The van der Waals surface area contributed by atoms with E-state index in [0.717, 1.165) is 5.56 Å². The van der Waals surface area contributed by atoms with E-state index in [1.807, 2.05) is 22.9 Å². The van der Waals surface area contributed by atoms with E-state index in [9.17, 15) is 4.79 Å². The molecule has 0 bridgehead atoms. The van der Waals surface area contributed by atoms with Crippen LogP contribution in [0, 0.1) is 5.41 Å². The molecule has 1 amide bonds. The van der Waals surface area contributed by atoms with Crippen LogP contribution >= 0.6 is 0 Å². The smallest absolute Gasteiger partial charge is 0.251 e. The van der Waals surface area contributed by atoms with Crippen LogP contribution in [0.1, 0.15) is 31.1 Å². The van der Waals surface area contributed by atoms with E-state index in [4.69, 9.17) is 0 Å². The highest BCUT2D eigenvalue weighted by Crippen LogP contribution is 2.22. The van der Waals surface area contributed by atoms with E-state index in [0.29, 0.717) is 17.9 Å². The number of amides is 1. The Morgan fingerprint density at radius 2 is 2.04 bits per heavy atom. The molecule has 3 aromatic rings. The van der Waals surface area contributed by atoms with Crippen LogP contribution in [0.3, 0.4) is 0 Å². The quantitative estimate of drug-likeness (QED) is 0.748. The van der Waals surface area contributed by atoms with Gasteiger partial charge in [-0.1, -0.05) is 32.9 Å². The van der Waals surface area contributed by atoms with E-state index in [2.05, 4.69) is 46.3 Å². The van der Waals surface area contributed by atoms with Crippen molar-refractivity contribution in [3.05, 3.63) is 54.9 Å². The summed E-state index contributed by atoms with van der Waals surface area (Å²) in [6.07, 6.45) is 6.86. The summed E-state index contributed by atoms with van der Waals surface area (Å²) >= 11 is 0. The van der Waals surface area contributed by atoms with Crippen molar-refractivity contribution in [2.75, 3.05) is 0 Å². The molecule has 2 heterocycles. The lowest BCUT2D eigenvalue weighted by atomic mass is 9.86. The van der Waals surface area contributed by atoms with Gasteiger partial charge >= 0.3 is 0 Å². The Morgan fingerprint density at radius 1 is 1.28 bits per heavy atom. The summed E-state index contributed by atoms with van der Waals surface area (Å²) in [5, 5.41) is 9.79. The fraction of sp³-hybridized carbons (Fsp3) is 0.333. The fourth-order valence-corrected chi connectivity index (χ4v) is 2.51. The van der Waals surface area contributed by atoms with Crippen molar-refractivity contribution in [2.45, 2.75) is 33.4 Å². The van der Waals surface area contributed by atoms with Crippen molar-refractivity contribution < 1.29 is 4.79 Å². The molecule has 3 rings (SSSR count). The van der Waals surface area contributed by atoms with Gasteiger partial charge in [-0.05, 0) is 17.5 Å². The number of benzene rings is 1. The number of imidazole rings is 1. The Kier molecular flexibility index (Phi) is 4.65. The third-order valence-corrected chi connectivity index (χ3v) is 4.14. The van der Waals surface area contributed by atoms with Gasteiger partial charge in [0.05, 0.1) is 12.4 Å². The van der Waals surface area contributed by atoms with Gasteiger partial charge in [0.25, 0.3) is 5.91 Å². The Morgan fingerprint density at radius 3 is 2.60 bits per heavy atom. The SMILES string of the molecule is CC(C)(C)C(Cn1ccnc1)NC(=O)c1ccc(-c2ncn[nH]2)cc1. The van der Waals surface area contributed by atoms with Crippen molar-refractivity contribution in [1.82, 2.24) is 30.0 Å². The summed E-state index contributed by atoms with van der Waals surface area (Å²) in [5.74, 6) is 0.587. The molecule has 0 aliphatic rings. The second-order valence-electron chi connectivity index (χ2n) is 7.06. The van der Waals surface area contributed by atoms with Crippen molar-refractivity contribution in [1.29, 1.82) is 0 Å². The van der Waals surface area contributed by atoms with Gasteiger partial charge in [0.15, 0.2) is 5.82 Å². The zero-order valence-corrected chi connectivity index (χ0v) is 14.6. The van der Waals surface area contributed by atoms with E-state index in [-0.39, 0.29) is 17.4 Å². The van der Waals surface area contributed by atoms with Crippen LogP contribution in [0.5, 0.6) is 0 Å². The average Bonchev–Trinajstić information content (AvgIpc) is 3.27. The highest BCUT2D eigenvalue weighted by molar-refractivity contribution is 5.94. The maximum Gasteiger partial charge on any atom is 0.251 e. The molecule has 2 N–H and O–H groups in total. The lowest BCUT2D eigenvalue weighted by Gasteiger charge is -2.31. The number of nitrogens with zero attached hydrogens (tertiary/aromatic N) is 4. The molecule has 1 aromatic carbocycles. The molecule has 0 spiro atoms. The molecule has 1 atom stereocenters. The number of aromatic nitrogens is 5. The first-order valence-electron chi connectivity index (χ1n) is 8.16. The molecule has 25 heavy (non-hydrogen) atoms. The summed E-state index contributed by atoms with van der Waals surface area (Å²) in [6.45, 7) is 7.01. The first kappa shape index (κ1) is 16.9. The van der Waals surface area contributed by atoms with Crippen LogP contribution in [0.25, 0.3) is 11.4 Å². The van der Waals surface area contributed by atoms with Crippen molar-refractivity contribution in [2.24, 2.45) is 5.41 Å². The van der Waals surface area contributed by atoms with E-state index in [1.165, 1.54) is 6.33 Å². The van der Waals surface area contributed by atoms with Gasteiger partial charge in [0.1, 0.15) is 6.33 Å². The molecular weight excluding hydrogens is 316 g/mol. The molecule has 0 aliphatic carbocycles. The minimum Gasteiger partial charge on any atom is -0.347 e. The fourth-order valence-electron chi connectivity index (χ4n) is 2.51. The summed E-state index contributed by atoms with van der Waals surface area (Å²) in [7, 11) is 0. The van der Waals surface area contributed by atoms with Crippen LogP contribution in [-0.4, -0.2) is 36.7 Å². The van der Waals surface area contributed by atoms with Crippen LogP contribution in [0.4, 0.5) is 0 Å². The van der Waals surface area contributed by atoms with Crippen molar-refractivity contribution in [3.8, 4) is 11.4 Å². The molecule has 7 heteroatoms. The molecule has 2 aromatic heterocycles. The van der Waals surface area contributed by atoms with Gasteiger partial charge in [-0.25, -0.2) is 9.97 Å². The molecule has 0 saturated heterocycles. The lowest BCUT2D eigenvalue weighted by Crippen LogP contribution is -2.46. The summed E-state index contributed by atoms with van der Waals surface area (Å²) in [4.78, 5) is 20.8. The van der Waals surface area contributed by atoms with E-state index < -0.39 is 0 Å². The minimum atomic E-state index is -0.0934. The monoisotopic (exact) mass is 338 g/mol. The topological polar surface area (TPSA) is 88.5 Å². The molecule has 0 saturated carbocycles. The number of carbonyl (C=O) groups excluding carboxylic acids is 1. The molecule has 0 aliphatic heterocycles. The zero-order valence-electron chi connectivity index (χ0n) is 14.6. The zero-order chi connectivity index (χ0) is 17.9. The number of hydrogen-bond acceptors (Lipinski definition) is 4. The number of rotatable bonds is 5. The van der Waals surface area contributed by atoms with E-state index >= 15 is 0 Å². The van der Waals surface area contributed by atoms with Gasteiger partial charge in [-0.3, -0.25) is 9.89 Å². The van der Waals surface area contributed by atoms with Crippen LogP contribution in [-0.2, 0) is 6.54 Å². The third-order valence-electron chi connectivity index (χ3n) is 4.14. The van der Waals surface area contributed by atoms with Crippen molar-refractivity contribution >= 4 is 5.91 Å². The standard InChI is InChI=1S/C18H22N6O/c1-18(2,3)15(10-24-9-8-19-12-24)22-17(25)14-6-4-13(5-7-14)16-20-11-21-23-16/h4-9,11-12,15H,10H2,1-3H3,(H,22,25)(H,20,21,23). The first-order valence-corrected chi connectivity index (χ1v) is 8.16. The van der Waals surface area contributed by atoms with E-state index in [1.54, 1.807) is 24.7 Å². The lowest BCUT2D eigenvalue weighted by molar-refractivity contribution is 0.0892. The van der Waals surface area contributed by atoms with Crippen LogP contribution in [0.2, 0.25) is 0 Å². The van der Waals surface area contributed by atoms with Crippen LogP contribution < -0.4 is 5.32 Å². The normalized spacial score (nSPS) is 12.8. The summed E-state index contributed by atoms with van der Waals surface area (Å²) < 4.78 is 1.98. The number of H-pyrrole nitrogens is 1. The molecular formula is C18H22N6O. The molecule has 1 unspecified atom stereocenters. The second-order valence-corrected chi connectivity index (χ2v) is 7.06.